The van der Waals surface area contributed by atoms with Gasteiger partial charge in [-0.3, -0.25) is 4.90 Å². The lowest BCUT2D eigenvalue weighted by atomic mass is 9.87. The molecular formula is C17H23N5OS. The van der Waals surface area contributed by atoms with Gasteiger partial charge in [0.05, 0.1) is 5.69 Å². The minimum Gasteiger partial charge on any atom is -0.448 e. The summed E-state index contributed by atoms with van der Waals surface area (Å²) in [5, 5.41) is 0.841. The topological polar surface area (TPSA) is 58.3 Å². The van der Waals surface area contributed by atoms with E-state index in [0.717, 1.165) is 42.1 Å². The van der Waals surface area contributed by atoms with Crippen LogP contribution in [0.25, 0.3) is 0 Å². The van der Waals surface area contributed by atoms with E-state index in [9.17, 15) is 0 Å². The fraction of sp³-hybridized carbons (Fsp3) is 0.588. The van der Waals surface area contributed by atoms with Gasteiger partial charge in [-0.15, -0.1) is 0 Å². The molecule has 3 fully saturated rings. The Morgan fingerprint density at radius 2 is 2.08 bits per heavy atom. The summed E-state index contributed by atoms with van der Waals surface area (Å²) in [7, 11) is 0. The standard InChI is InChI=1S/C17H23N5OS/c1-11(2)16-14(19-10-23-16)9-22-12-6-13(22)8-21(7-12)15-4-5-18-17(20-15)24-3/h4-5,10-13H,6-9H2,1-3H3. The number of piperidine rings is 1. The molecule has 2 aromatic rings. The number of aromatic nitrogens is 3. The van der Waals surface area contributed by atoms with Gasteiger partial charge in [-0.05, 0) is 18.7 Å². The van der Waals surface area contributed by atoms with Crippen LogP contribution >= 0.6 is 11.8 Å². The largest absolute Gasteiger partial charge is 0.448 e. The van der Waals surface area contributed by atoms with Gasteiger partial charge in [0.25, 0.3) is 0 Å². The van der Waals surface area contributed by atoms with Crippen LogP contribution in [-0.4, -0.2) is 51.3 Å². The third kappa shape index (κ3) is 2.80. The average molecular weight is 345 g/mol. The summed E-state index contributed by atoms with van der Waals surface area (Å²) < 4.78 is 5.57. The normalized spacial score (nSPS) is 23.6. The van der Waals surface area contributed by atoms with Crippen LogP contribution in [-0.2, 0) is 6.54 Å². The van der Waals surface area contributed by atoms with E-state index in [1.54, 1.807) is 18.2 Å². The number of fused-ring (bicyclic) bond motifs is 2. The lowest BCUT2D eigenvalue weighted by Gasteiger charge is -2.56. The number of oxazole rings is 1. The van der Waals surface area contributed by atoms with Crippen molar-refractivity contribution in [3.05, 3.63) is 30.1 Å². The van der Waals surface area contributed by atoms with Crippen molar-refractivity contribution in [1.82, 2.24) is 19.9 Å². The van der Waals surface area contributed by atoms with Crippen molar-refractivity contribution in [2.75, 3.05) is 24.2 Å². The molecular weight excluding hydrogens is 322 g/mol. The Balaban J connectivity index is 1.44. The molecule has 2 unspecified atom stereocenters. The van der Waals surface area contributed by atoms with Crippen molar-refractivity contribution in [3.8, 4) is 0 Å². The first-order valence-electron chi connectivity index (χ1n) is 8.45. The molecule has 0 aliphatic carbocycles. The zero-order valence-corrected chi connectivity index (χ0v) is 15.2. The molecule has 2 aromatic heterocycles. The number of hydrogen-bond donors (Lipinski definition) is 0. The molecule has 5 rings (SSSR count). The zero-order valence-electron chi connectivity index (χ0n) is 14.3. The van der Waals surface area contributed by atoms with Crippen LogP contribution < -0.4 is 4.90 Å². The van der Waals surface area contributed by atoms with E-state index in [2.05, 4.69) is 38.6 Å². The van der Waals surface area contributed by atoms with Crippen molar-refractivity contribution in [1.29, 1.82) is 0 Å². The van der Waals surface area contributed by atoms with Crippen LogP contribution in [0.1, 0.15) is 37.6 Å². The van der Waals surface area contributed by atoms with Gasteiger partial charge in [0, 0.05) is 43.8 Å². The second kappa shape index (κ2) is 6.37. The minimum atomic E-state index is 0.381. The van der Waals surface area contributed by atoms with E-state index < -0.39 is 0 Å². The Bertz CT molecular complexity index is 707. The van der Waals surface area contributed by atoms with Crippen molar-refractivity contribution in [2.24, 2.45) is 0 Å². The molecule has 0 amide bonds. The third-order valence-electron chi connectivity index (χ3n) is 5.00. The van der Waals surface area contributed by atoms with Gasteiger partial charge in [-0.2, -0.15) is 0 Å². The van der Waals surface area contributed by atoms with E-state index in [-0.39, 0.29) is 0 Å². The molecule has 3 saturated heterocycles. The fourth-order valence-corrected chi connectivity index (χ4v) is 4.13. The summed E-state index contributed by atoms with van der Waals surface area (Å²) in [6.45, 7) is 7.25. The predicted molar refractivity (Wildman–Crippen MR) is 94.4 cm³/mol. The van der Waals surface area contributed by atoms with E-state index in [0.29, 0.717) is 18.0 Å². The SMILES string of the molecule is CSc1nccc(N2CC3CC(C2)N3Cc2ncoc2C(C)C)n1. The van der Waals surface area contributed by atoms with Gasteiger partial charge in [-0.1, -0.05) is 25.6 Å². The molecule has 6 nitrogen and oxygen atoms in total. The van der Waals surface area contributed by atoms with Crippen LogP contribution in [0.5, 0.6) is 0 Å². The van der Waals surface area contributed by atoms with Gasteiger partial charge in [0.1, 0.15) is 11.6 Å². The lowest BCUT2D eigenvalue weighted by Crippen LogP contribution is -2.68. The molecule has 3 aliphatic rings. The quantitative estimate of drug-likeness (QED) is 0.610. The molecule has 0 saturated carbocycles. The smallest absolute Gasteiger partial charge is 0.189 e. The highest BCUT2D eigenvalue weighted by molar-refractivity contribution is 7.98. The van der Waals surface area contributed by atoms with Crippen molar-refractivity contribution in [3.63, 3.8) is 0 Å². The number of anilines is 1. The fourth-order valence-electron chi connectivity index (χ4n) is 3.78. The molecule has 0 aromatic carbocycles. The number of nitrogens with zero attached hydrogens (tertiary/aromatic N) is 5. The summed E-state index contributed by atoms with van der Waals surface area (Å²) >= 11 is 1.59. The van der Waals surface area contributed by atoms with Crippen LogP contribution in [0.15, 0.2) is 28.2 Å². The molecule has 7 heteroatoms. The molecule has 128 valence electrons. The summed E-state index contributed by atoms with van der Waals surface area (Å²) in [5.41, 5.74) is 1.10. The molecule has 2 bridgehead atoms. The first-order valence-corrected chi connectivity index (χ1v) is 9.68. The molecule has 3 aliphatic heterocycles. The summed E-state index contributed by atoms with van der Waals surface area (Å²) in [5.74, 6) is 2.45. The second-order valence-corrected chi connectivity index (χ2v) is 7.61. The number of thioether (sulfide) groups is 1. The van der Waals surface area contributed by atoms with Gasteiger partial charge in [-0.25, -0.2) is 15.0 Å². The molecule has 0 spiro atoms. The van der Waals surface area contributed by atoms with E-state index in [1.807, 2.05) is 18.5 Å². The van der Waals surface area contributed by atoms with Gasteiger partial charge in [0.2, 0.25) is 0 Å². The number of hydrogen-bond acceptors (Lipinski definition) is 7. The Morgan fingerprint density at radius 3 is 2.79 bits per heavy atom. The average Bonchev–Trinajstić information content (AvgIpc) is 3.08. The first kappa shape index (κ1) is 15.9. The van der Waals surface area contributed by atoms with Crippen molar-refractivity contribution < 1.29 is 4.42 Å². The van der Waals surface area contributed by atoms with Gasteiger partial charge < -0.3 is 9.32 Å². The maximum absolute atomic E-state index is 5.57. The highest BCUT2D eigenvalue weighted by atomic mass is 32.2. The van der Waals surface area contributed by atoms with Crippen LogP contribution in [0, 0.1) is 0 Å². The zero-order chi connectivity index (χ0) is 16.7. The maximum Gasteiger partial charge on any atom is 0.189 e. The number of rotatable bonds is 5. The third-order valence-corrected chi connectivity index (χ3v) is 5.56. The molecule has 0 N–H and O–H groups in total. The molecule has 0 radical (unpaired) electrons. The number of piperazine rings is 1. The van der Waals surface area contributed by atoms with Crippen LogP contribution in [0.2, 0.25) is 0 Å². The Hall–Kier alpha value is -1.60. The summed E-state index contributed by atoms with van der Waals surface area (Å²) in [6.07, 6.45) is 6.72. The maximum atomic E-state index is 5.57. The Morgan fingerprint density at radius 1 is 1.29 bits per heavy atom. The Kier molecular flexibility index (Phi) is 4.22. The highest BCUT2D eigenvalue weighted by Crippen LogP contribution is 2.36. The minimum absolute atomic E-state index is 0.381. The summed E-state index contributed by atoms with van der Waals surface area (Å²) in [6, 6.07) is 3.17. The van der Waals surface area contributed by atoms with Crippen LogP contribution in [0.4, 0.5) is 5.82 Å². The van der Waals surface area contributed by atoms with Crippen molar-refractivity contribution in [2.45, 2.75) is 50.0 Å². The molecule has 24 heavy (non-hydrogen) atoms. The van der Waals surface area contributed by atoms with E-state index in [4.69, 9.17) is 4.42 Å². The second-order valence-electron chi connectivity index (χ2n) is 6.84. The van der Waals surface area contributed by atoms with E-state index in [1.165, 1.54) is 6.42 Å². The van der Waals surface area contributed by atoms with Gasteiger partial charge in [0.15, 0.2) is 11.6 Å². The monoisotopic (exact) mass is 345 g/mol. The molecule has 5 heterocycles. The lowest BCUT2D eigenvalue weighted by molar-refractivity contribution is -0.0101. The first-order chi connectivity index (χ1) is 11.7. The van der Waals surface area contributed by atoms with Crippen LogP contribution in [0.3, 0.4) is 0 Å². The molecule has 2 atom stereocenters. The van der Waals surface area contributed by atoms with Crippen molar-refractivity contribution >= 4 is 17.6 Å². The van der Waals surface area contributed by atoms with E-state index >= 15 is 0 Å². The van der Waals surface area contributed by atoms with Gasteiger partial charge >= 0.3 is 0 Å². The Labute approximate surface area is 146 Å². The highest BCUT2D eigenvalue weighted by Gasteiger charge is 2.45. The predicted octanol–water partition coefficient (Wildman–Crippen LogP) is 2.77. The summed E-state index contributed by atoms with van der Waals surface area (Å²) in [4.78, 5) is 18.3.